The van der Waals surface area contributed by atoms with Crippen molar-refractivity contribution in [3.63, 3.8) is 0 Å². The fraction of sp³-hybridized carbons (Fsp3) is 0.643. The largest absolute Gasteiger partial charge is 0.393 e. The predicted molar refractivity (Wildman–Crippen MR) is 144 cm³/mol. The molecule has 2 N–H and O–H groups in total. The second-order valence-corrected chi connectivity index (χ2v) is 12.1. The molecule has 4 heterocycles. The van der Waals surface area contributed by atoms with E-state index in [4.69, 9.17) is 0 Å². The third-order valence-corrected chi connectivity index (χ3v) is 8.42. The number of nitrogens with zero attached hydrogens (tertiary/aromatic N) is 6. The van der Waals surface area contributed by atoms with Gasteiger partial charge in [0.05, 0.1) is 29.5 Å². The number of alkyl halides is 6. The summed E-state index contributed by atoms with van der Waals surface area (Å²) in [5.74, 6) is -7.23. The maximum absolute atomic E-state index is 15.4. The van der Waals surface area contributed by atoms with Gasteiger partial charge in [-0.15, -0.1) is 0 Å². The van der Waals surface area contributed by atoms with E-state index >= 15 is 4.39 Å². The summed E-state index contributed by atoms with van der Waals surface area (Å²) in [6, 6.07) is 0.703. The van der Waals surface area contributed by atoms with Gasteiger partial charge in [-0.05, 0) is 52.0 Å². The number of aromatic nitrogens is 6. The Hall–Kier alpha value is -3.72. The zero-order valence-electron chi connectivity index (χ0n) is 24.5. The fourth-order valence-corrected chi connectivity index (χ4v) is 6.02. The quantitative estimate of drug-likeness (QED) is 0.349. The van der Waals surface area contributed by atoms with Gasteiger partial charge in [-0.2, -0.15) is 23.4 Å². The second-order valence-electron chi connectivity index (χ2n) is 12.1. The highest BCUT2D eigenvalue weighted by atomic mass is 19.4. The molecule has 1 aliphatic carbocycles. The Morgan fingerprint density at radius 1 is 1.18 bits per heavy atom. The van der Waals surface area contributed by atoms with Crippen LogP contribution >= 0.6 is 0 Å². The maximum Gasteiger partial charge on any atom is 0.393 e. The van der Waals surface area contributed by atoms with Gasteiger partial charge in [0.2, 0.25) is 11.8 Å². The topological polar surface area (TPSA) is 119 Å². The van der Waals surface area contributed by atoms with Crippen LogP contribution in [0.3, 0.4) is 0 Å². The van der Waals surface area contributed by atoms with E-state index in [0.29, 0.717) is 6.54 Å². The summed E-state index contributed by atoms with van der Waals surface area (Å²) >= 11 is 0. The molecule has 1 saturated carbocycles. The molecule has 0 bridgehead atoms. The lowest BCUT2D eigenvalue weighted by Gasteiger charge is -2.33. The van der Waals surface area contributed by atoms with E-state index in [1.807, 2.05) is 6.92 Å². The van der Waals surface area contributed by atoms with Crippen LogP contribution in [0.25, 0.3) is 5.78 Å². The first kappa shape index (κ1) is 31.7. The van der Waals surface area contributed by atoms with Crippen LogP contribution in [0.1, 0.15) is 86.5 Å². The summed E-state index contributed by atoms with van der Waals surface area (Å²) in [6.45, 7) is 4.12. The average Bonchev–Trinajstić information content (AvgIpc) is 3.58. The Balaban J connectivity index is 1.51. The molecule has 44 heavy (non-hydrogen) atoms. The van der Waals surface area contributed by atoms with E-state index < -0.39 is 66.3 Å². The van der Waals surface area contributed by atoms with E-state index in [1.165, 1.54) is 41.5 Å². The number of rotatable bonds is 8. The fourth-order valence-electron chi connectivity index (χ4n) is 6.02. The molecule has 1 aliphatic heterocycles. The van der Waals surface area contributed by atoms with Crippen molar-refractivity contribution in [2.75, 3.05) is 6.54 Å². The Bertz CT molecular complexity index is 1520. The summed E-state index contributed by atoms with van der Waals surface area (Å²) in [7, 11) is 0. The van der Waals surface area contributed by atoms with Gasteiger partial charge < -0.3 is 10.6 Å². The number of halogens is 6. The molecule has 3 aromatic heterocycles. The number of fused-ring (bicyclic) bond motifs is 1. The highest BCUT2D eigenvalue weighted by Gasteiger charge is 2.45. The van der Waals surface area contributed by atoms with E-state index in [9.17, 15) is 31.5 Å². The van der Waals surface area contributed by atoms with Gasteiger partial charge in [0.1, 0.15) is 17.1 Å². The summed E-state index contributed by atoms with van der Waals surface area (Å²) in [5, 5.41) is 13.7. The molecule has 0 aromatic carbocycles. The maximum atomic E-state index is 15.4. The lowest BCUT2D eigenvalue weighted by molar-refractivity contribution is -0.183. The molecule has 5 rings (SSSR count). The van der Waals surface area contributed by atoms with Crippen LogP contribution in [0.5, 0.6) is 0 Å². The van der Waals surface area contributed by atoms with Crippen LogP contribution < -0.4 is 10.6 Å². The molecule has 2 fully saturated rings. The van der Waals surface area contributed by atoms with Gasteiger partial charge >= 0.3 is 6.18 Å². The molecule has 240 valence electrons. The lowest BCUT2D eigenvalue weighted by atomic mass is 9.81. The minimum Gasteiger partial charge on any atom is -0.355 e. The first-order valence-electron chi connectivity index (χ1n) is 14.6. The molecular formula is C28H34F6N8O2. The van der Waals surface area contributed by atoms with E-state index in [0.717, 1.165) is 0 Å². The number of hydrogen-bond donors (Lipinski definition) is 2. The smallest absolute Gasteiger partial charge is 0.355 e. The van der Waals surface area contributed by atoms with Crippen molar-refractivity contribution in [2.24, 2.45) is 17.8 Å². The number of imidazole rings is 1. The molecule has 3 atom stereocenters. The zero-order chi connectivity index (χ0) is 32.0. The summed E-state index contributed by atoms with van der Waals surface area (Å²) in [6.07, 6.45) is -2.91. The third-order valence-electron chi connectivity index (χ3n) is 8.42. The number of nitrogens with one attached hydrogen (secondary N) is 2. The minimum absolute atomic E-state index is 0.0123. The monoisotopic (exact) mass is 628 g/mol. The summed E-state index contributed by atoms with van der Waals surface area (Å²) in [4.78, 5) is 34.6. The molecule has 2 aliphatic rings. The molecule has 0 radical (unpaired) electrons. The van der Waals surface area contributed by atoms with Crippen molar-refractivity contribution in [1.82, 2.24) is 40.0 Å². The molecule has 0 unspecified atom stereocenters. The molecule has 16 heteroatoms. The number of hydrogen-bond acceptors (Lipinski definition) is 6. The van der Waals surface area contributed by atoms with Crippen LogP contribution in [0.2, 0.25) is 0 Å². The van der Waals surface area contributed by atoms with Crippen molar-refractivity contribution in [1.29, 1.82) is 0 Å². The normalized spacial score (nSPS) is 22.2. The van der Waals surface area contributed by atoms with Gasteiger partial charge in [0, 0.05) is 44.5 Å². The van der Waals surface area contributed by atoms with Crippen molar-refractivity contribution in [3.8, 4) is 0 Å². The van der Waals surface area contributed by atoms with Gasteiger partial charge in [-0.25, -0.2) is 27.7 Å². The van der Waals surface area contributed by atoms with Crippen LogP contribution in [-0.2, 0) is 23.4 Å². The molecule has 0 spiro atoms. The first-order valence-corrected chi connectivity index (χ1v) is 14.6. The highest BCUT2D eigenvalue weighted by molar-refractivity contribution is 5.92. The van der Waals surface area contributed by atoms with E-state index in [2.05, 4.69) is 30.8 Å². The number of aryl methyl sites for hydroxylation is 1. The second kappa shape index (κ2) is 11.7. The highest BCUT2D eigenvalue weighted by Crippen LogP contribution is 2.42. The molecule has 3 aromatic rings. The summed E-state index contributed by atoms with van der Waals surface area (Å²) in [5.41, 5.74) is -1.77. The average molecular weight is 629 g/mol. The van der Waals surface area contributed by atoms with Crippen LogP contribution in [-0.4, -0.2) is 59.8 Å². The predicted octanol–water partition coefficient (Wildman–Crippen LogP) is 4.70. The van der Waals surface area contributed by atoms with Gasteiger partial charge in [-0.1, -0.05) is 0 Å². The van der Waals surface area contributed by atoms with Crippen molar-refractivity contribution in [2.45, 2.75) is 89.7 Å². The number of amides is 2. The molecule has 10 nitrogen and oxygen atoms in total. The van der Waals surface area contributed by atoms with E-state index in [1.54, 1.807) is 0 Å². The zero-order valence-corrected chi connectivity index (χ0v) is 24.5. The lowest BCUT2D eigenvalue weighted by Crippen LogP contribution is -2.47. The van der Waals surface area contributed by atoms with Crippen molar-refractivity contribution in [3.05, 3.63) is 41.2 Å². The minimum atomic E-state index is -4.51. The molecule has 2 amide bonds. The number of piperidine rings is 1. The van der Waals surface area contributed by atoms with Crippen LogP contribution in [0.15, 0.2) is 18.5 Å². The van der Waals surface area contributed by atoms with Crippen molar-refractivity contribution < 1.29 is 35.9 Å². The number of carbonyl (C=O) groups excluding carboxylic acids is 2. The van der Waals surface area contributed by atoms with Gasteiger partial charge in [-0.3, -0.25) is 14.3 Å². The van der Waals surface area contributed by atoms with Gasteiger partial charge in [0.25, 0.3) is 11.7 Å². The Morgan fingerprint density at radius 2 is 1.89 bits per heavy atom. The first-order chi connectivity index (χ1) is 20.6. The Kier molecular flexibility index (Phi) is 8.39. The van der Waals surface area contributed by atoms with Crippen LogP contribution in [0, 0.1) is 17.8 Å². The molecule has 1 saturated heterocycles. The molecular weight excluding hydrogens is 594 g/mol. The Morgan fingerprint density at radius 3 is 2.52 bits per heavy atom. The van der Waals surface area contributed by atoms with Crippen LogP contribution in [0.4, 0.5) is 26.3 Å². The number of carbonyl (C=O) groups is 2. The SMILES string of the molecule is CCn1nccc1C(=O)N[C@H](c1cn2nc(C[C@H]3C[C@H](C(F)(F)F)CNC3=O)c(C(C)(C)F)nc2n1)C1CCC(F)(F)CC1. The van der Waals surface area contributed by atoms with Gasteiger partial charge in [0.15, 0.2) is 0 Å². The van der Waals surface area contributed by atoms with Crippen molar-refractivity contribution >= 4 is 17.6 Å². The standard InChI is InChI=1S/C28H34F6N8O2/c1-4-41-20(7-10-36-41)24(44)38-21(15-5-8-27(30,31)9-6-15)19-14-42-25(37-19)39-22(26(2,3)29)18(40-42)12-16-11-17(28(32,33)34)13-35-23(16)43/h7,10,14-17,21H,4-6,8-9,11-13H2,1-3H3,(H,35,43)(H,38,44)/t16-,17+,21+/m1/s1. The Labute approximate surface area is 249 Å². The third kappa shape index (κ3) is 6.67. The summed E-state index contributed by atoms with van der Waals surface area (Å²) < 4.78 is 86.5. The van der Waals surface area contributed by atoms with E-state index in [-0.39, 0.29) is 60.7 Å².